The molecule has 0 spiro atoms. The first-order valence-corrected chi connectivity index (χ1v) is 11.0. The molecule has 0 amide bonds. The number of nitrogens with one attached hydrogen (secondary N) is 1. The molecule has 10 heteroatoms. The molecule has 188 valence electrons. The molecule has 1 aliphatic heterocycles. The molecule has 0 aliphatic carbocycles. The molecule has 1 aliphatic rings. The van der Waals surface area contributed by atoms with Crippen LogP contribution in [-0.4, -0.2) is 44.3 Å². The van der Waals surface area contributed by atoms with Crippen molar-refractivity contribution in [2.75, 3.05) is 13.2 Å². The highest BCUT2D eigenvalue weighted by Crippen LogP contribution is 2.43. The van der Waals surface area contributed by atoms with E-state index in [-0.39, 0.29) is 22.5 Å². The number of benzene rings is 1. The van der Waals surface area contributed by atoms with E-state index in [4.69, 9.17) is 23.7 Å². The fourth-order valence-corrected chi connectivity index (χ4v) is 3.73. The van der Waals surface area contributed by atoms with E-state index in [2.05, 4.69) is 5.32 Å². The monoisotopic (exact) mass is 483 g/mol. The van der Waals surface area contributed by atoms with Gasteiger partial charge in [-0.1, -0.05) is 18.2 Å². The highest BCUT2D eigenvalue weighted by atomic mass is 19.3. The van der Waals surface area contributed by atoms with Crippen molar-refractivity contribution in [3.05, 3.63) is 52.4 Å². The van der Waals surface area contributed by atoms with Gasteiger partial charge in [0.1, 0.15) is 5.75 Å². The summed E-state index contributed by atoms with van der Waals surface area (Å²) in [6.07, 6.45) is -1.74. The molecule has 0 bridgehead atoms. The van der Waals surface area contributed by atoms with Crippen molar-refractivity contribution >= 4 is 11.9 Å². The maximum absolute atomic E-state index is 13.2. The number of alkyl halides is 2. The molecule has 1 heterocycles. The van der Waals surface area contributed by atoms with E-state index in [1.807, 2.05) is 0 Å². The molecule has 1 N–H and O–H groups in total. The molecular formula is C24H31F2NO7. The van der Waals surface area contributed by atoms with Gasteiger partial charge in [-0.25, -0.2) is 9.59 Å². The van der Waals surface area contributed by atoms with Gasteiger partial charge in [-0.3, -0.25) is 0 Å². The number of allylic oxidation sites excluding steroid dienone is 2. The highest BCUT2D eigenvalue weighted by Gasteiger charge is 2.40. The van der Waals surface area contributed by atoms with E-state index in [1.165, 1.54) is 18.2 Å². The van der Waals surface area contributed by atoms with Crippen molar-refractivity contribution in [3.63, 3.8) is 0 Å². The summed E-state index contributed by atoms with van der Waals surface area (Å²) < 4.78 is 52.5. The smallest absolute Gasteiger partial charge is 0.387 e. The molecule has 0 aromatic heterocycles. The zero-order valence-electron chi connectivity index (χ0n) is 20.1. The lowest BCUT2D eigenvalue weighted by Crippen LogP contribution is -2.34. The molecule has 1 aromatic rings. The van der Waals surface area contributed by atoms with E-state index in [0.717, 1.165) is 0 Å². The lowest BCUT2D eigenvalue weighted by Gasteiger charge is -2.32. The molecule has 1 aromatic carbocycles. The third kappa shape index (κ3) is 6.77. The second-order valence-corrected chi connectivity index (χ2v) is 7.41. The van der Waals surface area contributed by atoms with Gasteiger partial charge in [0.05, 0.1) is 17.1 Å². The number of para-hydroxylation sites is 1. The first-order chi connectivity index (χ1) is 16.1. The zero-order chi connectivity index (χ0) is 25.4. The van der Waals surface area contributed by atoms with Crippen molar-refractivity contribution in [2.45, 2.75) is 66.7 Å². The Morgan fingerprint density at radius 3 is 1.82 bits per heavy atom. The minimum Gasteiger partial charge on any atom is -0.435 e. The number of carbonyl (C=O) groups is 2. The van der Waals surface area contributed by atoms with Gasteiger partial charge in [-0.05, 0) is 47.6 Å². The molecule has 8 nitrogen and oxygen atoms in total. The number of hydrogen-bond donors (Lipinski definition) is 1. The average Bonchev–Trinajstić information content (AvgIpc) is 2.73. The third-order valence-corrected chi connectivity index (χ3v) is 5.00. The number of hydrogen-bond acceptors (Lipinski definition) is 8. The van der Waals surface area contributed by atoms with Crippen LogP contribution in [0.25, 0.3) is 0 Å². The van der Waals surface area contributed by atoms with E-state index in [1.54, 1.807) is 47.6 Å². The van der Waals surface area contributed by atoms with Crippen LogP contribution in [0.2, 0.25) is 0 Å². The fourth-order valence-electron chi connectivity index (χ4n) is 3.73. The van der Waals surface area contributed by atoms with Gasteiger partial charge >= 0.3 is 18.6 Å². The summed E-state index contributed by atoms with van der Waals surface area (Å²) in [6.45, 7) is 7.36. The number of halogens is 2. The second kappa shape index (κ2) is 12.5. The van der Waals surface area contributed by atoms with Crippen LogP contribution in [0.3, 0.4) is 0 Å². The molecule has 34 heavy (non-hydrogen) atoms. The Morgan fingerprint density at radius 1 is 0.912 bits per heavy atom. The molecule has 0 saturated heterocycles. The van der Waals surface area contributed by atoms with Crippen molar-refractivity contribution in [1.29, 1.82) is 0 Å². The predicted octanol–water partition coefficient (Wildman–Crippen LogP) is 4.37. The number of rotatable bonds is 11. The summed E-state index contributed by atoms with van der Waals surface area (Å²) in [4.78, 5) is 26.4. The molecule has 2 unspecified atom stereocenters. The van der Waals surface area contributed by atoms with E-state index in [9.17, 15) is 18.4 Å². The van der Waals surface area contributed by atoms with Crippen molar-refractivity contribution in [2.24, 2.45) is 0 Å². The Morgan fingerprint density at radius 2 is 1.38 bits per heavy atom. The van der Waals surface area contributed by atoms with Gasteiger partial charge in [0.2, 0.25) is 0 Å². The van der Waals surface area contributed by atoms with Crippen LogP contribution in [0.1, 0.15) is 53.0 Å². The van der Waals surface area contributed by atoms with E-state index >= 15 is 0 Å². The van der Waals surface area contributed by atoms with Crippen LogP contribution in [0.5, 0.6) is 5.75 Å². The van der Waals surface area contributed by atoms with Gasteiger partial charge in [0, 0.05) is 30.2 Å². The van der Waals surface area contributed by atoms with Crippen LogP contribution in [0, 0.1) is 0 Å². The average molecular weight is 484 g/mol. The summed E-state index contributed by atoms with van der Waals surface area (Å²) in [5.41, 5.74) is 1.03. The van der Waals surface area contributed by atoms with Gasteiger partial charge in [-0.2, -0.15) is 8.78 Å². The Bertz CT molecular complexity index is 897. The largest absolute Gasteiger partial charge is 0.435 e. The Hall–Kier alpha value is -2.98. The quantitative estimate of drug-likeness (QED) is 0.366. The number of esters is 2. The Kier molecular flexibility index (Phi) is 10.0. The molecule has 0 saturated carbocycles. The molecule has 2 rings (SSSR count). The normalized spacial score (nSPS) is 17.9. The Balaban J connectivity index is 2.63. The molecule has 2 atom stereocenters. The minimum absolute atomic E-state index is 0.0403. The maximum atomic E-state index is 13.2. The second-order valence-electron chi connectivity index (χ2n) is 7.41. The number of ether oxygens (including phenoxy) is 5. The van der Waals surface area contributed by atoms with Crippen LogP contribution in [0.15, 0.2) is 46.8 Å². The molecule has 0 radical (unpaired) electrons. The van der Waals surface area contributed by atoms with E-state index < -0.39 is 37.0 Å². The number of carbonyl (C=O) groups excluding carboxylic acids is 2. The van der Waals surface area contributed by atoms with Crippen LogP contribution in [-0.2, 0) is 28.5 Å². The van der Waals surface area contributed by atoms with Crippen molar-refractivity contribution in [1.82, 2.24) is 5.32 Å². The van der Waals surface area contributed by atoms with Gasteiger partial charge in [0.25, 0.3) is 0 Å². The topological polar surface area (TPSA) is 92.3 Å². The van der Waals surface area contributed by atoms with Gasteiger partial charge in [0.15, 0.2) is 12.6 Å². The predicted molar refractivity (Wildman–Crippen MR) is 119 cm³/mol. The fraction of sp³-hybridized carbons (Fsp3) is 0.500. The van der Waals surface area contributed by atoms with Crippen LogP contribution < -0.4 is 10.1 Å². The summed E-state index contributed by atoms with van der Waals surface area (Å²) in [6, 6.07) is 5.95. The highest BCUT2D eigenvalue weighted by molar-refractivity contribution is 6.00. The lowest BCUT2D eigenvalue weighted by atomic mass is 9.80. The first-order valence-electron chi connectivity index (χ1n) is 11.0. The summed E-state index contributed by atoms with van der Waals surface area (Å²) >= 11 is 0. The summed E-state index contributed by atoms with van der Waals surface area (Å²) in [5.74, 6) is -2.85. The van der Waals surface area contributed by atoms with Gasteiger partial charge in [-0.15, -0.1) is 0 Å². The lowest BCUT2D eigenvalue weighted by molar-refractivity contribution is -0.170. The van der Waals surface area contributed by atoms with Crippen molar-refractivity contribution in [3.8, 4) is 5.75 Å². The van der Waals surface area contributed by atoms with Crippen molar-refractivity contribution < 1.29 is 42.1 Å². The standard InChI is InChI=1S/C24H31F2NO7/c1-7-30-15(5)32-22(28)19-13(3)27-14(4)20(23(29)33-16(6)31-8-2)21(19)17-11-9-10-12-18(17)34-24(25)26/h9-12,15-16,21,24,27H,7-8H2,1-6H3. The summed E-state index contributed by atoms with van der Waals surface area (Å²) in [5, 5.41) is 3.00. The first kappa shape index (κ1) is 27.3. The minimum atomic E-state index is -3.11. The van der Waals surface area contributed by atoms with E-state index in [0.29, 0.717) is 24.6 Å². The van der Waals surface area contributed by atoms with Crippen LogP contribution in [0.4, 0.5) is 8.78 Å². The third-order valence-electron chi connectivity index (χ3n) is 5.00. The number of dihydropyridines is 1. The molecule has 0 fully saturated rings. The van der Waals surface area contributed by atoms with Crippen LogP contribution >= 0.6 is 0 Å². The Labute approximate surface area is 197 Å². The summed E-state index contributed by atoms with van der Waals surface area (Å²) in [7, 11) is 0. The SMILES string of the molecule is CCOC(C)OC(=O)C1=C(C)NC(C)=C(C(=O)OC(C)OCC)C1c1ccccc1OC(F)F. The maximum Gasteiger partial charge on any atom is 0.387 e. The molecular weight excluding hydrogens is 452 g/mol. The zero-order valence-corrected chi connectivity index (χ0v) is 20.1. The van der Waals surface area contributed by atoms with Gasteiger partial charge < -0.3 is 29.0 Å².